The van der Waals surface area contributed by atoms with Crippen LogP contribution in [0.2, 0.25) is 0 Å². The number of pyridine rings is 1. The van der Waals surface area contributed by atoms with Gasteiger partial charge in [0.1, 0.15) is 17.1 Å². The fourth-order valence-corrected chi connectivity index (χ4v) is 3.02. The van der Waals surface area contributed by atoms with Crippen LogP contribution in [0, 0.1) is 5.41 Å². The number of carbonyl (C=O) groups is 2. The van der Waals surface area contributed by atoms with Crippen molar-refractivity contribution in [1.29, 1.82) is 0 Å². The number of methoxy groups -OCH3 is 1. The van der Waals surface area contributed by atoms with Gasteiger partial charge in [-0.3, -0.25) is 4.79 Å². The Balaban J connectivity index is 1.91. The van der Waals surface area contributed by atoms with E-state index in [-0.39, 0.29) is 5.78 Å². The van der Waals surface area contributed by atoms with Crippen LogP contribution in [0.4, 0.5) is 5.82 Å². The van der Waals surface area contributed by atoms with E-state index in [4.69, 9.17) is 4.74 Å². The number of carbonyl (C=O) groups excluding carboxylic acids is 2. The van der Waals surface area contributed by atoms with Gasteiger partial charge in [0.2, 0.25) is 0 Å². The zero-order valence-corrected chi connectivity index (χ0v) is 12.5. The highest BCUT2D eigenvalue weighted by atomic mass is 16.5. The molecule has 3 rings (SSSR count). The lowest BCUT2D eigenvalue weighted by Gasteiger charge is -2.33. The summed E-state index contributed by atoms with van der Waals surface area (Å²) in [7, 11) is 1.36. The Morgan fingerprint density at radius 3 is 2.38 bits per heavy atom. The van der Waals surface area contributed by atoms with Gasteiger partial charge in [0.05, 0.1) is 7.11 Å². The molecular formula is C16H20N2O3. The number of hydrogen-bond donors (Lipinski definition) is 0. The highest BCUT2D eigenvalue weighted by Crippen LogP contribution is 2.53. The summed E-state index contributed by atoms with van der Waals surface area (Å²) in [6.45, 7) is 3.26. The molecule has 1 aromatic rings. The van der Waals surface area contributed by atoms with Crippen LogP contribution in [-0.4, -0.2) is 36.9 Å². The highest BCUT2D eigenvalue weighted by molar-refractivity contribution is 5.98. The fourth-order valence-electron chi connectivity index (χ4n) is 3.02. The molecule has 0 atom stereocenters. The van der Waals surface area contributed by atoms with Gasteiger partial charge in [-0.2, -0.15) is 0 Å². The van der Waals surface area contributed by atoms with Crippen molar-refractivity contribution in [2.24, 2.45) is 5.41 Å². The summed E-state index contributed by atoms with van der Waals surface area (Å²) in [4.78, 5) is 30.0. The van der Waals surface area contributed by atoms with E-state index >= 15 is 0 Å². The Morgan fingerprint density at radius 1 is 1.19 bits per heavy atom. The van der Waals surface area contributed by atoms with Gasteiger partial charge in [0.15, 0.2) is 5.78 Å². The predicted molar refractivity (Wildman–Crippen MR) is 78.7 cm³/mol. The standard InChI is InChI=1S/C16H20N2O3/c1-11(19)13-4-3-12(15(20)21-2)14(17-13)18-9-7-16(5-6-16)8-10-18/h3-4H,5-10H2,1-2H3. The fraction of sp³-hybridized carbons (Fsp3) is 0.562. The molecular weight excluding hydrogens is 268 g/mol. The number of aromatic nitrogens is 1. The molecule has 1 spiro atoms. The van der Waals surface area contributed by atoms with Crippen LogP contribution in [0.15, 0.2) is 12.1 Å². The van der Waals surface area contributed by atoms with Gasteiger partial charge in [-0.05, 0) is 43.2 Å². The molecule has 1 aliphatic carbocycles. The van der Waals surface area contributed by atoms with Crippen molar-refractivity contribution < 1.29 is 14.3 Å². The second-order valence-electron chi connectivity index (χ2n) is 6.10. The minimum Gasteiger partial charge on any atom is -0.465 e. The first-order valence-electron chi connectivity index (χ1n) is 7.40. The van der Waals surface area contributed by atoms with Crippen molar-refractivity contribution in [3.05, 3.63) is 23.4 Å². The van der Waals surface area contributed by atoms with Gasteiger partial charge in [0, 0.05) is 20.0 Å². The van der Waals surface area contributed by atoms with Crippen LogP contribution in [0.3, 0.4) is 0 Å². The number of ketones is 1. The maximum atomic E-state index is 11.9. The Hall–Kier alpha value is -1.91. The van der Waals surface area contributed by atoms with E-state index in [1.807, 2.05) is 0 Å². The largest absolute Gasteiger partial charge is 0.465 e. The van der Waals surface area contributed by atoms with Crippen LogP contribution >= 0.6 is 0 Å². The third-order valence-electron chi connectivity index (χ3n) is 4.72. The predicted octanol–water partition coefficient (Wildman–Crippen LogP) is 2.45. The van der Waals surface area contributed by atoms with Crippen LogP contribution in [-0.2, 0) is 4.74 Å². The lowest BCUT2D eigenvalue weighted by Crippen LogP contribution is -2.36. The van der Waals surface area contributed by atoms with Gasteiger partial charge >= 0.3 is 5.97 Å². The number of anilines is 1. The van der Waals surface area contributed by atoms with Crippen LogP contribution < -0.4 is 4.90 Å². The molecule has 1 saturated carbocycles. The maximum Gasteiger partial charge on any atom is 0.341 e. The molecule has 2 fully saturated rings. The Morgan fingerprint density at radius 2 is 1.86 bits per heavy atom. The number of rotatable bonds is 3. The molecule has 21 heavy (non-hydrogen) atoms. The molecule has 5 nitrogen and oxygen atoms in total. The summed E-state index contributed by atoms with van der Waals surface area (Å²) in [5.41, 5.74) is 1.39. The topological polar surface area (TPSA) is 59.5 Å². The summed E-state index contributed by atoms with van der Waals surface area (Å²) < 4.78 is 4.83. The van der Waals surface area contributed by atoms with E-state index < -0.39 is 5.97 Å². The van der Waals surface area contributed by atoms with Gasteiger partial charge in [-0.1, -0.05) is 0 Å². The third-order valence-corrected chi connectivity index (χ3v) is 4.72. The second-order valence-corrected chi connectivity index (χ2v) is 6.10. The molecule has 2 heterocycles. The van der Waals surface area contributed by atoms with Crippen molar-refractivity contribution in [3.63, 3.8) is 0 Å². The number of piperidine rings is 1. The van der Waals surface area contributed by atoms with Gasteiger partial charge in [-0.15, -0.1) is 0 Å². The minimum atomic E-state index is -0.403. The Bertz CT molecular complexity index is 583. The maximum absolute atomic E-state index is 11.9. The molecule has 1 aromatic heterocycles. The first kappa shape index (κ1) is 14.0. The minimum absolute atomic E-state index is 0.0941. The highest BCUT2D eigenvalue weighted by Gasteiger charge is 2.44. The van der Waals surface area contributed by atoms with Gasteiger partial charge < -0.3 is 9.64 Å². The third kappa shape index (κ3) is 2.64. The van der Waals surface area contributed by atoms with Crippen molar-refractivity contribution in [2.45, 2.75) is 32.6 Å². The number of hydrogen-bond acceptors (Lipinski definition) is 5. The lowest BCUT2D eigenvalue weighted by molar-refractivity contribution is 0.0600. The van der Waals surface area contributed by atoms with Crippen molar-refractivity contribution >= 4 is 17.6 Å². The molecule has 0 unspecified atom stereocenters. The molecule has 5 heteroatoms. The number of esters is 1. The Kier molecular flexibility index (Phi) is 3.43. The molecule has 1 aliphatic heterocycles. The first-order valence-corrected chi connectivity index (χ1v) is 7.40. The van der Waals surface area contributed by atoms with Gasteiger partial charge in [0.25, 0.3) is 0 Å². The molecule has 1 saturated heterocycles. The van der Waals surface area contributed by atoms with Crippen molar-refractivity contribution in [1.82, 2.24) is 4.98 Å². The van der Waals surface area contributed by atoms with E-state index in [2.05, 4.69) is 9.88 Å². The summed E-state index contributed by atoms with van der Waals surface area (Å²) in [5.74, 6) is 0.0905. The summed E-state index contributed by atoms with van der Waals surface area (Å²) in [6.07, 6.45) is 4.93. The SMILES string of the molecule is COC(=O)c1ccc(C(C)=O)nc1N1CCC2(CC1)CC2. The van der Waals surface area contributed by atoms with Crippen molar-refractivity contribution in [3.8, 4) is 0 Å². The quantitative estimate of drug-likeness (QED) is 0.631. The Labute approximate surface area is 124 Å². The summed E-state index contributed by atoms with van der Waals surface area (Å²) >= 11 is 0. The zero-order valence-electron chi connectivity index (χ0n) is 12.5. The average Bonchev–Trinajstić information content (AvgIpc) is 3.26. The van der Waals surface area contributed by atoms with E-state index in [9.17, 15) is 9.59 Å². The number of Topliss-reactive ketones (excluding diaryl/α,β-unsaturated/α-hetero) is 1. The van der Waals surface area contributed by atoms with Crippen LogP contribution in [0.25, 0.3) is 0 Å². The number of nitrogens with zero attached hydrogens (tertiary/aromatic N) is 2. The summed E-state index contributed by atoms with van der Waals surface area (Å²) in [5, 5.41) is 0. The second kappa shape index (κ2) is 5.13. The molecule has 0 radical (unpaired) electrons. The van der Waals surface area contributed by atoms with Gasteiger partial charge in [-0.25, -0.2) is 9.78 Å². The summed E-state index contributed by atoms with van der Waals surface area (Å²) in [6, 6.07) is 3.23. The lowest BCUT2D eigenvalue weighted by atomic mass is 9.93. The smallest absolute Gasteiger partial charge is 0.341 e. The van der Waals surface area contributed by atoms with E-state index in [0.29, 0.717) is 22.5 Å². The van der Waals surface area contributed by atoms with E-state index in [1.54, 1.807) is 12.1 Å². The first-order chi connectivity index (χ1) is 10.0. The molecule has 0 N–H and O–H groups in total. The van der Waals surface area contributed by atoms with E-state index in [0.717, 1.165) is 25.9 Å². The molecule has 2 aliphatic rings. The molecule has 0 bridgehead atoms. The van der Waals surface area contributed by atoms with Crippen LogP contribution in [0.5, 0.6) is 0 Å². The van der Waals surface area contributed by atoms with Crippen molar-refractivity contribution in [2.75, 3.05) is 25.1 Å². The van der Waals surface area contributed by atoms with E-state index in [1.165, 1.54) is 26.9 Å². The normalized spacial score (nSPS) is 19.4. The number of ether oxygens (including phenoxy) is 1. The monoisotopic (exact) mass is 288 g/mol. The van der Waals surface area contributed by atoms with Crippen LogP contribution in [0.1, 0.15) is 53.5 Å². The molecule has 0 aromatic carbocycles. The average molecular weight is 288 g/mol. The molecule has 0 amide bonds. The molecule has 112 valence electrons. The zero-order chi connectivity index (χ0) is 15.0.